The van der Waals surface area contributed by atoms with Gasteiger partial charge in [-0.25, -0.2) is 4.79 Å². The molecule has 2 rings (SSSR count). The van der Waals surface area contributed by atoms with Crippen LogP contribution in [0.2, 0.25) is 0 Å². The molecule has 2 aromatic rings. The van der Waals surface area contributed by atoms with Crippen LogP contribution >= 0.6 is 0 Å². The molecule has 7 nitrogen and oxygen atoms in total. The highest BCUT2D eigenvalue weighted by Gasteiger charge is 2.07. The van der Waals surface area contributed by atoms with E-state index in [1.54, 1.807) is 47.2 Å². The van der Waals surface area contributed by atoms with E-state index in [2.05, 4.69) is 4.99 Å². The smallest absolute Gasteiger partial charge is 0.328 e. The summed E-state index contributed by atoms with van der Waals surface area (Å²) in [5.41, 5.74) is 12.1. The molecular formula is C15H14N4O3. The van der Waals surface area contributed by atoms with Crippen LogP contribution in [0, 0.1) is 0 Å². The van der Waals surface area contributed by atoms with Crippen molar-refractivity contribution in [2.75, 3.05) is 0 Å². The second-order valence-corrected chi connectivity index (χ2v) is 4.37. The number of rotatable bonds is 4. The highest BCUT2D eigenvalue weighted by atomic mass is 16.4. The Hall–Kier alpha value is -3.35. The van der Waals surface area contributed by atoms with Crippen molar-refractivity contribution in [3.63, 3.8) is 0 Å². The first kappa shape index (κ1) is 15.0. The number of nitrogens with two attached hydrogens (primary N) is 2. The summed E-state index contributed by atoms with van der Waals surface area (Å²) in [4.78, 5) is 25.9. The Morgan fingerprint density at radius 3 is 2.64 bits per heavy atom. The number of aliphatic imine (C=N–C) groups is 1. The topological polar surface area (TPSA) is 124 Å². The van der Waals surface area contributed by atoms with Gasteiger partial charge in [-0.05, 0) is 36.4 Å². The summed E-state index contributed by atoms with van der Waals surface area (Å²) in [6, 6.07) is 10.2. The maximum Gasteiger partial charge on any atom is 0.328 e. The molecule has 112 valence electrons. The highest BCUT2D eigenvalue weighted by molar-refractivity contribution is 6.02. The van der Waals surface area contributed by atoms with Crippen LogP contribution in [0.5, 0.6) is 0 Å². The van der Waals surface area contributed by atoms with E-state index in [1.165, 1.54) is 6.08 Å². The Balaban J connectivity index is 2.39. The molecule has 0 unspecified atom stereocenters. The number of hydrogen-bond donors (Lipinski definition) is 3. The van der Waals surface area contributed by atoms with E-state index in [-0.39, 0.29) is 5.96 Å². The minimum absolute atomic E-state index is 0.304. The van der Waals surface area contributed by atoms with Gasteiger partial charge in [0.25, 0.3) is 5.91 Å². The predicted molar refractivity (Wildman–Crippen MR) is 82.6 cm³/mol. The molecule has 1 aromatic carbocycles. The standard InChI is InChI=1S/C15H14N4O3/c16-15(17)18-14(22)10-3-1-4-12(9-10)19-8-2-5-11(19)6-7-13(20)21/h1-9H,(H,20,21)(H4,16,17,18,22)/b7-6+. The van der Waals surface area contributed by atoms with Gasteiger partial charge in [0.2, 0.25) is 0 Å². The van der Waals surface area contributed by atoms with Crippen LogP contribution in [0.4, 0.5) is 0 Å². The number of nitrogens with zero attached hydrogens (tertiary/aromatic N) is 2. The Morgan fingerprint density at radius 2 is 1.95 bits per heavy atom. The fourth-order valence-electron chi connectivity index (χ4n) is 1.89. The second kappa shape index (κ2) is 6.40. The minimum atomic E-state index is -1.04. The van der Waals surface area contributed by atoms with Gasteiger partial charge in [-0.2, -0.15) is 4.99 Å². The average Bonchev–Trinajstić information content (AvgIpc) is 2.93. The Kier molecular flexibility index (Phi) is 4.38. The number of benzene rings is 1. The van der Waals surface area contributed by atoms with E-state index < -0.39 is 11.9 Å². The average molecular weight is 298 g/mol. The van der Waals surface area contributed by atoms with Gasteiger partial charge in [-0.15, -0.1) is 0 Å². The first-order chi connectivity index (χ1) is 10.5. The number of carboxylic acid groups (broad SMARTS) is 1. The molecule has 0 aliphatic rings. The van der Waals surface area contributed by atoms with Gasteiger partial charge in [0.15, 0.2) is 5.96 Å². The highest BCUT2D eigenvalue weighted by Crippen LogP contribution is 2.16. The molecule has 1 amide bonds. The molecule has 0 saturated heterocycles. The van der Waals surface area contributed by atoms with Crippen LogP contribution in [0.3, 0.4) is 0 Å². The van der Waals surface area contributed by atoms with E-state index in [4.69, 9.17) is 16.6 Å². The van der Waals surface area contributed by atoms with Crippen molar-refractivity contribution >= 4 is 23.9 Å². The van der Waals surface area contributed by atoms with Gasteiger partial charge in [0, 0.05) is 29.2 Å². The van der Waals surface area contributed by atoms with Crippen molar-refractivity contribution in [3.8, 4) is 5.69 Å². The number of aromatic nitrogens is 1. The zero-order valence-corrected chi connectivity index (χ0v) is 11.5. The van der Waals surface area contributed by atoms with Gasteiger partial charge in [0.1, 0.15) is 0 Å². The SMILES string of the molecule is NC(N)=NC(=O)c1cccc(-n2cccc2/C=C/C(=O)O)c1. The minimum Gasteiger partial charge on any atom is -0.478 e. The zero-order valence-electron chi connectivity index (χ0n) is 11.5. The zero-order chi connectivity index (χ0) is 16.1. The van der Waals surface area contributed by atoms with Crippen LogP contribution in [0.15, 0.2) is 53.7 Å². The van der Waals surface area contributed by atoms with E-state index in [9.17, 15) is 9.59 Å². The molecule has 0 bridgehead atoms. The summed E-state index contributed by atoms with van der Waals surface area (Å²) in [5, 5.41) is 8.70. The van der Waals surface area contributed by atoms with Crippen molar-refractivity contribution in [2.45, 2.75) is 0 Å². The van der Waals surface area contributed by atoms with Gasteiger partial charge >= 0.3 is 5.97 Å². The molecule has 0 atom stereocenters. The summed E-state index contributed by atoms with van der Waals surface area (Å²) in [5.74, 6) is -1.89. The summed E-state index contributed by atoms with van der Waals surface area (Å²) in [6.45, 7) is 0. The van der Waals surface area contributed by atoms with E-state index in [0.717, 1.165) is 6.08 Å². The summed E-state index contributed by atoms with van der Waals surface area (Å²) in [7, 11) is 0. The molecular weight excluding hydrogens is 284 g/mol. The molecule has 22 heavy (non-hydrogen) atoms. The Bertz CT molecular complexity index is 771. The van der Waals surface area contributed by atoms with Crippen molar-refractivity contribution in [1.29, 1.82) is 0 Å². The van der Waals surface area contributed by atoms with Crippen LogP contribution in [0.1, 0.15) is 16.1 Å². The summed E-state index contributed by atoms with van der Waals surface area (Å²) >= 11 is 0. The monoisotopic (exact) mass is 298 g/mol. The number of carbonyl (C=O) groups excluding carboxylic acids is 1. The largest absolute Gasteiger partial charge is 0.478 e. The normalized spacial score (nSPS) is 10.5. The van der Waals surface area contributed by atoms with E-state index >= 15 is 0 Å². The van der Waals surface area contributed by atoms with Crippen LogP contribution < -0.4 is 11.5 Å². The van der Waals surface area contributed by atoms with Crippen LogP contribution in [-0.2, 0) is 4.79 Å². The van der Waals surface area contributed by atoms with Crippen molar-refractivity contribution < 1.29 is 14.7 Å². The molecule has 0 aliphatic heterocycles. The van der Waals surface area contributed by atoms with Crippen LogP contribution in [0.25, 0.3) is 11.8 Å². The maximum atomic E-state index is 11.8. The molecule has 5 N–H and O–H groups in total. The van der Waals surface area contributed by atoms with Crippen molar-refractivity contribution in [3.05, 3.63) is 59.9 Å². The van der Waals surface area contributed by atoms with Gasteiger partial charge in [0.05, 0.1) is 0 Å². The summed E-state index contributed by atoms with van der Waals surface area (Å²) < 4.78 is 1.74. The molecule has 0 radical (unpaired) electrons. The van der Waals surface area contributed by atoms with Crippen LogP contribution in [-0.4, -0.2) is 27.5 Å². The molecule has 0 spiro atoms. The molecule has 1 heterocycles. The fraction of sp³-hybridized carbons (Fsp3) is 0. The number of aliphatic carboxylic acids is 1. The summed E-state index contributed by atoms with van der Waals surface area (Å²) in [6.07, 6.45) is 4.26. The number of carboxylic acids is 1. The lowest BCUT2D eigenvalue weighted by atomic mass is 10.2. The van der Waals surface area contributed by atoms with E-state index in [1.807, 2.05) is 0 Å². The third-order valence-corrected chi connectivity index (χ3v) is 2.78. The lowest BCUT2D eigenvalue weighted by Gasteiger charge is -2.07. The lowest BCUT2D eigenvalue weighted by molar-refractivity contribution is -0.131. The quantitative estimate of drug-likeness (QED) is 0.441. The van der Waals surface area contributed by atoms with Gasteiger partial charge in [-0.3, -0.25) is 4.79 Å². The van der Waals surface area contributed by atoms with Crippen molar-refractivity contribution in [2.24, 2.45) is 16.5 Å². The first-order valence-corrected chi connectivity index (χ1v) is 6.30. The van der Waals surface area contributed by atoms with E-state index in [0.29, 0.717) is 16.9 Å². The lowest BCUT2D eigenvalue weighted by Crippen LogP contribution is -2.24. The van der Waals surface area contributed by atoms with Gasteiger partial charge < -0.3 is 21.1 Å². The second-order valence-electron chi connectivity index (χ2n) is 4.37. The first-order valence-electron chi connectivity index (χ1n) is 6.30. The van der Waals surface area contributed by atoms with Gasteiger partial charge in [-0.1, -0.05) is 6.07 Å². The van der Waals surface area contributed by atoms with Crippen molar-refractivity contribution in [1.82, 2.24) is 4.57 Å². The maximum absolute atomic E-state index is 11.8. The fourth-order valence-corrected chi connectivity index (χ4v) is 1.89. The number of hydrogen-bond acceptors (Lipinski definition) is 2. The third kappa shape index (κ3) is 3.60. The number of amides is 1. The molecule has 0 fully saturated rings. The number of carbonyl (C=O) groups is 2. The Labute approximate surface area is 126 Å². The molecule has 7 heteroatoms. The third-order valence-electron chi connectivity index (χ3n) is 2.78. The molecule has 1 aromatic heterocycles. The molecule has 0 aliphatic carbocycles. The Morgan fingerprint density at radius 1 is 1.18 bits per heavy atom. The predicted octanol–water partition coefficient (Wildman–Crippen LogP) is 0.989. The molecule has 0 saturated carbocycles. The number of guanidine groups is 1.